The number of nitrogens with two attached hydrogens (primary N) is 1. The highest BCUT2D eigenvalue weighted by Gasteiger charge is 2.21. The van der Waals surface area contributed by atoms with Crippen LogP contribution in [0.5, 0.6) is 0 Å². The number of nitrogens with one attached hydrogen (secondary N) is 1. The van der Waals surface area contributed by atoms with Crippen LogP contribution < -0.4 is 21.8 Å². The van der Waals surface area contributed by atoms with Gasteiger partial charge in [-0.15, -0.1) is 0 Å². The molecule has 0 saturated carbocycles. The lowest BCUT2D eigenvalue weighted by atomic mass is 10.1. The van der Waals surface area contributed by atoms with Gasteiger partial charge in [-0.3, -0.25) is 14.5 Å². The van der Waals surface area contributed by atoms with E-state index < -0.39 is 17.9 Å². The fourth-order valence-corrected chi connectivity index (χ4v) is 4.74. The number of nitrogens with zero attached hydrogens (tertiary/aromatic N) is 5. The Hall–Kier alpha value is -6.25. The van der Waals surface area contributed by atoms with Gasteiger partial charge in [0, 0.05) is 36.6 Å². The average molecular weight is 656 g/mol. The topological polar surface area (TPSA) is 197 Å². The molecule has 0 atom stereocenters. The number of rotatable bonds is 12. The highest BCUT2D eigenvalue weighted by molar-refractivity contribution is 6.07. The van der Waals surface area contributed by atoms with Crippen LogP contribution in [0.1, 0.15) is 46.6 Å². The van der Waals surface area contributed by atoms with E-state index in [1.165, 1.54) is 11.8 Å². The molecule has 5 aromatic rings. The van der Waals surface area contributed by atoms with E-state index in [2.05, 4.69) is 15.3 Å². The van der Waals surface area contributed by atoms with Crippen molar-refractivity contribution in [1.82, 2.24) is 14.5 Å². The van der Waals surface area contributed by atoms with Crippen LogP contribution in [0.15, 0.2) is 85.5 Å². The monoisotopic (exact) mass is 655 g/mol. The van der Waals surface area contributed by atoms with Crippen molar-refractivity contribution in [2.24, 2.45) is 17.8 Å². The van der Waals surface area contributed by atoms with Crippen LogP contribution in [0.4, 0.5) is 16.3 Å². The molecule has 0 aliphatic carbocycles. The predicted molar refractivity (Wildman–Crippen MR) is 175 cm³/mol. The van der Waals surface area contributed by atoms with E-state index in [-0.39, 0.29) is 49.4 Å². The van der Waals surface area contributed by atoms with Gasteiger partial charge in [-0.2, -0.15) is 4.99 Å². The number of carbonyl (C=O) groups is 3. The van der Waals surface area contributed by atoms with Crippen molar-refractivity contribution in [2.75, 3.05) is 23.4 Å². The summed E-state index contributed by atoms with van der Waals surface area (Å²) in [4.78, 5) is 63.1. The largest absolute Gasteiger partial charge is 0.519 e. The molecule has 15 heteroatoms. The fraction of sp³-hybridized carbons (Fsp3) is 0.242. The molecule has 0 aliphatic rings. The Labute approximate surface area is 274 Å². The number of ether oxygens (including phenoxy) is 2. The molecule has 15 nitrogen and oxygen atoms in total. The number of aromatic nitrogens is 3. The number of aryl methyl sites for hydroxylation is 2. The van der Waals surface area contributed by atoms with Crippen molar-refractivity contribution in [3.05, 3.63) is 106 Å². The van der Waals surface area contributed by atoms with Crippen LogP contribution in [0.25, 0.3) is 11.0 Å². The highest BCUT2D eigenvalue weighted by Crippen LogP contribution is 2.21. The van der Waals surface area contributed by atoms with Crippen molar-refractivity contribution < 1.29 is 32.7 Å². The van der Waals surface area contributed by atoms with Crippen molar-refractivity contribution >= 4 is 46.3 Å². The number of aliphatic imine (C=N–C) groups is 1. The first-order valence-corrected chi connectivity index (χ1v) is 14.9. The Morgan fingerprint density at radius 1 is 1.04 bits per heavy atom. The maximum atomic E-state index is 13.6. The number of pyridine rings is 1. The summed E-state index contributed by atoms with van der Waals surface area (Å²) in [6.45, 7) is 3.65. The number of amidine groups is 1. The van der Waals surface area contributed by atoms with E-state index in [4.69, 9.17) is 29.0 Å². The third-order valence-electron chi connectivity index (χ3n) is 7.24. The molecule has 3 aromatic heterocycles. The molecule has 0 bridgehead atoms. The fourth-order valence-electron chi connectivity index (χ4n) is 4.74. The molecular formula is C33H33N7O8. The number of hydrogen-bond acceptors (Lipinski definition) is 11. The summed E-state index contributed by atoms with van der Waals surface area (Å²) in [7, 11) is 1.88. The number of amides is 2. The minimum Gasteiger partial charge on any atom is -0.466 e. The summed E-state index contributed by atoms with van der Waals surface area (Å²) in [5.74, 6) is -0.223. The first kappa shape index (κ1) is 33.1. The second kappa shape index (κ2) is 14.9. The van der Waals surface area contributed by atoms with Crippen LogP contribution in [-0.4, -0.2) is 51.5 Å². The summed E-state index contributed by atoms with van der Waals surface area (Å²) < 4.78 is 21.4. The molecule has 0 aliphatic heterocycles. The van der Waals surface area contributed by atoms with Gasteiger partial charge in [-0.05, 0) is 68.4 Å². The summed E-state index contributed by atoms with van der Waals surface area (Å²) in [5, 5.41) is 3.30. The second-order valence-corrected chi connectivity index (χ2v) is 10.4. The number of benzene rings is 2. The number of imidazole rings is 1. The molecule has 0 unspecified atom stereocenters. The molecule has 3 N–H and O–H groups in total. The van der Waals surface area contributed by atoms with Gasteiger partial charge in [0.05, 0.1) is 30.6 Å². The third kappa shape index (κ3) is 7.93. The lowest BCUT2D eigenvalue weighted by Crippen LogP contribution is -2.34. The maximum Gasteiger partial charge on any atom is 0.519 e. The van der Waals surface area contributed by atoms with Gasteiger partial charge in [0.2, 0.25) is 0 Å². The molecule has 3 heterocycles. The molecule has 2 amide bonds. The predicted octanol–water partition coefficient (Wildman–Crippen LogP) is 4.08. The van der Waals surface area contributed by atoms with Crippen LogP contribution in [0, 0.1) is 6.92 Å². The SMILES string of the molecule is CCOC(=O)CCN(C(=O)c1ccc2c(c1)nc(CNc1ccc(/C(N)=N/C(=O)OCc3oc(=O)oc3C)cc1)n2C)c1ccccn1. The van der Waals surface area contributed by atoms with Crippen molar-refractivity contribution in [3.8, 4) is 0 Å². The van der Waals surface area contributed by atoms with Crippen molar-refractivity contribution in [1.29, 1.82) is 0 Å². The number of esters is 1. The minimum atomic E-state index is -0.953. The van der Waals surface area contributed by atoms with Crippen LogP contribution in [0.2, 0.25) is 0 Å². The number of hydrogen-bond donors (Lipinski definition) is 2. The van der Waals surface area contributed by atoms with Gasteiger partial charge >= 0.3 is 17.9 Å². The van der Waals surface area contributed by atoms with Gasteiger partial charge in [0.1, 0.15) is 17.5 Å². The standard InChI is InChI=1S/C33H33N7O8/c1-4-45-29(41)14-16-40(27-7-5-6-15-35-27)31(42)22-10-13-25-24(17-22)37-28(39(25)3)18-36-23-11-8-21(9-12-23)30(34)38-32(43)46-19-26-20(2)47-33(44)48-26/h5-13,15,17,36H,4,14,16,18-19H2,1-3H3,(H2,34,38,43). The number of anilines is 2. The Morgan fingerprint density at radius 3 is 2.50 bits per heavy atom. The first-order chi connectivity index (χ1) is 23.1. The smallest absolute Gasteiger partial charge is 0.466 e. The van der Waals surface area contributed by atoms with E-state index in [1.807, 2.05) is 17.7 Å². The first-order valence-electron chi connectivity index (χ1n) is 14.9. The van der Waals surface area contributed by atoms with Gasteiger partial charge < -0.3 is 33.9 Å². The number of carbonyl (C=O) groups excluding carboxylic acids is 3. The normalized spacial score (nSPS) is 11.4. The molecule has 0 fully saturated rings. The average Bonchev–Trinajstić information content (AvgIpc) is 3.58. The molecule has 0 radical (unpaired) electrons. The zero-order valence-corrected chi connectivity index (χ0v) is 26.5. The molecule has 5 rings (SSSR count). The van der Waals surface area contributed by atoms with Gasteiger partial charge in [-0.25, -0.2) is 19.6 Å². The van der Waals surface area contributed by atoms with Crippen LogP contribution in [-0.2, 0) is 34.5 Å². The van der Waals surface area contributed by atoms with E-state index in [0.717, 1.165) is 17.0 Å². The second-order valence-electron chi connectivity index (χ2n) is 10.4. The third-order valence-corrected chi connectivity index (χ3v) is 7.24. The van der Waals surface area contributed by atoms with Gasteiger partial charge in [0.15, 0.2) is 18.1 Å². The molecule has 2 aromatic carbocycles. The van der Waals surface area contributed by atoms with E-state index in [0.29, 0.717) is 29.0 Å². The lowest BCUT2D eigenvalue weighted by molar-refractivity contribution is -0.142. The Balaban J connectivity index is 1.23. The Morgan fingerprint density at radius 2 is 1.81 bits per heavy atom. The summed E-state index contributed by atoms with van der Waals surface area (Å²) in [6, 6.07) is 17.4. The van der Waals surface area contributed by atoms with E-state index >= 15 is 0 Å². The van der Waals surface area contributed by atoms with E-state index in [9.17, 15) is 19.2 Å². The molecule has 248 valence electrons. The molecule has 0 saturated heterocycles. The van der Waals surface area contributed by atoms with Crippen molar-refractivity contribution in [3.63, 3.8) is 0 Å². The van der Waals surface area contributed by atoms with Gasteiger partial charge in [0.25, 0.3) is 5.91 Å². The van der Waals surface area contributed by atoms with Crippen molar-refractivity contribution in [2.45, 2.75) is 33.4 Å². The Bertz CT molecular complexity index is 2010. The molecular weight excluding hydrogens is 622 g/mol. The van der Waals surface area contributed by atoms with Crippen LogP contribution in [0.3, 0.4) is 0 Å². The minimum absolute atomic E-state index is 0.0269. The van der Waals surface area contributed by atoms with E-state index in [1.54, 1.807) is 67.7 Å². The highest BCUT2D eigenvalue weighted by atomic mass is 16.6. The zero-order chi connectivity index (χ0) is 34.2. The summed E-state index contributed by atoms with van der Waals surface area (Å²) >= 11 is 0. The molecule has 0 spiro atoms. The maximum absolute atomic E-state index is 13.6. The zero-order valence-electron chi connectivity index (χ0n) is 26.5. The lowest BCUT2D eigenvalue weighted by Gasteiger charge is -2.21. The van der Waals surface area contributed by atoms with Gasteiger partial charge in [-0.1, -0.05) is 6.07 Å². The summed E-state index contributed by atoms with van der Waals surface area (Å²) in [6.07, 6.45) is 0.660. The summed E-state index contributed by atoms with van der Waals surface area (Å²) in [5.41, 5.74) is 9.08. The molecule has 48 heavy (non-hydrogen) atoms. The number of fused-ring (bicyclic) bond motifs is 1. The Kier molecular flexibility index (Phi) is 10.3. The van der Waals surface area contributed by atoms with Crippen LogP contribution >= 0.6 is 0 Å². The quantitative estimate of drug-likeness (QED) is 0.111.